The van der Waals surface area contributed by atoms with E-state index in [1.165, 1.54) is 0 Å². The summed E-state index contributed by atoms with van der Waals surface area (Å²) in [6.45, 7) is 5.04. The molecule has 1 atom stereocenters. The third-order valence-electron chi connectivity index (χ3n) is 2.78. The van der Waals surface area contributed by atoms with Crippen LogP contribution in [-0.2, 0) is 11.3 Å². The summed E-state index contributed by atoms with van der Waals surface area (Å²) in [6, 6.07) is 9.53. The number of aliphatic hydroxyl groups is 1. The number of fused-ring (bicyclic) bond motifs is 1. The van der Waals surface area contributed by atoms with Crippen LogP contribution in [0.4, 0.5) is 0 Å². The predicted octanol–water partition coefficient (Wildman–Crippen LogP) is 2.53. The minimum Gasteiger partial charge on any atom is -0.488 e. The van der Waals surface area contributed by atoms with Crippen LogP contribution in [0.3, 0.4) is 0 Å². The molecule has 0 aliphatic heterocycles. The average molecular weight is 261 g/mol. The number of ether oxygens (including phenoxy) is 2. The molecule has 0 saturated carbocycles. The van der Waals surface area contributed by atoms with Crippen molar-refractivity contribution in [2.45, 2.75) is 26.6 Å². The number of aliphatic hydroxyl groups excluding tert-OH is 1. The van der Waals surface area contributed by atoms with Gasteiger partial charge in [-0.2, -0.15) is 0 Å². The maximum Gasteiger partial charge on any atom is 0.131 e. The standard InChI is InChI=1S/C15H19NO3/c1-3-18-10-11(2)19-15-8-12(9-17)16-14-7-5-4-6-13(14)15/h4-8,11,17H,3,9-10H2,1-2H3. The van der Waals surface area contributed by atoms with Crippen molar-refractivity contribution in [1.82, 2.24) is 4.98 Å². The third kappa shape index (κ3) is 3.43. The smallest absolute Gasteiger partial charge is 0.131 e. The number of rotatable bonds is 6. The summed E-state index contributed by atoms with van der Waals surface area (Å²) in [6.07, 6.45) is -0.0442. The van der Waals surface area contributed by atoms with Crippen LogP contribution in [0.5, 0.6) is 5.75 Å². The summed E-state index contributed by atoms with van der Waals surface area (Å²) < 4.78 is 11.2. The largest absolute Gasteiger partial charge is 0.488 e. The molecule has 0 bridgehead atoms. The highest BCUT2D eigenvalue weighted by Crippen LogP contribution is 2.26. The quantitative estimate of drug-likeness (QED) is 0.868. The second-order valence-electron chi connectivity index (χ2n) is 4.37. The van der Waals surface area contributed by atoms with Crippen LogP contribution in [0.1, 0.15) is 19.5 Å². The second-order valence-corrected chi connectivity index (χ2v) is 4.37. The fourth-order valence-corrected chi connectivity index (χ4v) is 1.91. The lowest BCUT2D eigenvalue weighted by Gasteiger charge is -2.16. The molecule has 4 heteroatoms. The lowest BCUT2D eigenvalue weighted by molar-refractivity contribution is 0.0664. The van der Waals surface area contributed by atoms with Crippen molar-refractivity contribution in [2.24, 2.45) is 0 Å². The van der Waals surface area contributed by atoms with Crippen LogP contribution in [-0.4, -0.2) is 29.4 Å². The van der Waals surface area contributed by atoms with Gasteiger partial charge in [0.1, 0.15) is 11.9 Å². The minimum absolute atomic E-state index is 0.0442. The summed E-state index contributed by atoms with van der Waals surface area (Å²) in [5.41, 5.74) is 1.44. The summed E-state index contributed by atoms with van der Waals surface area (Å²) >= 11 is 0. The molecule has 0 aliphatic rings. The first-order valence-corrected chi connectivity index (χ1v) is 6.48. The molecule has 19 heavy (non-hydrogen) atoms. The number of benzene rings is 1. The number of para-hydroxylation sites is 1. The van der Waals surface area contributed by atoms with E-state index in [0.717, 1.165) is 16.7 Å². The highest BCUT2D eigenvalue weighted by molar-refractivity contribution is 5.85. The van der Waals surface area contributed by atoms with E-state index in [0.29, 0.717) is 18.9 Å². The molecular weight excluding hydrogens is 242 g/mol. The molecule has 4 nitrogen and oxygen atoms in total. The third-order valence-corrected chi connectivity index (χ3v) is 2.78. The van der Waals surface area contributed by atoms with Gasteiger partial charge in [0, 0.05) is 18.1 Å². The van der Waals surface area contributed by atoms with Crippen LogP contribution in [0, 0.1) is 0 Å². The zero-order valence-corrected chi connectivity index (χ0v) is 11.3. The van der Waals surface area contributed by atoms with Gasteiger partial charge in [0.05, 0.1) is 24.4 Å². The zero-order valence-electron chi connectivity index (χ0n) is 11.3. The Morgan fingerprint density at radius 3 is 2.84 bits per heavy atom. The normalized spacial score (nSPS) is 12.6. The van der Waals surface area contributed by atoms with Gasteiger partial charge in [-0.25, -0.2) is 0 Å². The molecule has 1 aromatic carbocycles. The van der Waals surface area contributed by atoms with Crippen LogP contribution < -0.4 is 4.74 Å². The number of aromatic nitrogens is 1. The maximum absolute atomic E-state index is 9.25. The molecule has 102 valence electrons. The summed E-state index contributed by atoms with van der Waals surface area (Å²) in [5.74, 6) is 0.738. The van der Waals surface area contributed by atoms with Gasteiger partial charge in [-0.3, -0.25) is 4.98 Å². The van der Waals surface area contributed by atoms with Gasteiger partial charge in [0.2, 0.25) is 0 Å². The summed E-state index contributed by atoms with van der Waals surface area (Å²) in [5, 5.41) is 10.2. The minimum atomic E-state index is -0.0962. The Morgan fingerprint density at radius 2 is 2.11 bits per heavy atom. The molecule has 0 aliphatic carbocycles. The SMILES string of the molecule is CCOCC(C)Oc1cc(CO)nc2ccccc12. The van der Waals surface area contributed by atoms with Gasteiger partial charge in [-0.05, 0) is 26.0 Å². The maximum atomic E-state index is 9.25. The fraction of sp³-hybridized carbons (Fsp3) is 0.400. The number of pyridine rings is 1. The summed E-state index contributed by atoms with van der Waals surface area (Å²) in [4.78, 5) is 4.36. The van der Waals surface area contributed by atoms with Gasteiger partial charge < -0.3 is 14.6 Å². The van der Waals surface area contributed by atoms with Crippen LogP contribution in [0.15, 0.2) is 30.3 Å². The molecular formula is C15H19NO3. The first-order valence-electron chi connectivity index (χ1n) is 6.48. The van der Waals surface area contributed by atoms with Gasteiger partial charge in [0.15, 0.2) is 0 Å². The van der Waals surface area contributed by atoms with Crippen molar-refractivity contribution >= 4 is 10.9 Å². The Kier molecular flexibility index (Phi) is 4.71. The van der Waals surface area contributed by atoms with Crippen LogP contribution in [0.25, 0.3) is 10.9 Å². The first-order chi connectivity index (χ1) is 9.24. The molecule has 2 rings (SSSR count). The molecule has 1 unspecified atom stereocenters. The topological polar surface area (TPSA) is 51.6 Å². The molecule has 0 saturated heterocycles. The zero-order chi connectivity index (χ0) is 13.7. The number of hydrogen-bond donors (Lipinski definition) is 1. The second kappa shape index (κ2) is 6.50. The molecule has 2 aromatic rings. The van der Waals surface area contributed by atoms with Gasteiger partial charge in [-0.1, -0.05) is 12.1 Å². The summed E-state index contributed by atoms with van der Waals surface area (Å²) in [7, 11) is 0. The lowest BCUT2D eigenvalue weighted by atomic mass is 10.2. The van der Waals surface area contributed by atoms with Gasteiger partial charge in [0.25, 0.3) is 0 Å². The Hall–Kier alpha value is -1.65. The number of hydrogen-bond acceptors (Lipinski definition) is 4. The highest BCUT2D eigenvalue weighted by Gasteiger charge is 2.10. The fourth-order valence-electron chi connectivity index (χ4n) is 1.91. The Balaban J connectivity index is 2.29. The van der Waals surface area contributed by atoms with Gasteiger partial charge >= 0.3 is 0 Å². The van der Waals surface area contributed by atoms with E-state index in [9.17, 15) is 5.11 Å². The molecule has 0 fully saturated rings. The Morgan fingerprint density at radius 1 is 1.32 bits per heavy atom. The average Bonchev–Trinajstić information content (AvgIpc) is 2.44. The molecule has 1 heterocycles. The van der Waals surface area contributed by atoms with E-state index >= 15 is 0 Å². The van der Waals surface area contributed by atoms with Crippen LogP contribution >= 0.6 is 0 Å². The number of nitrogens with zero attached hydrogens (tertiary/aromatic N) is 1. The molecule has 0 radical (unpaired) electrons. The molecule has 0 amide bonds. The molecule has 1 N–H and O–H groups in total. The lowest BCUT2D eigenvalue weighted by Crippen LogP contribution is -2.19. The van der Waals surface area contributed by atoms with Crippen molar-refractivity contribution in [2.75, 3.05) is 13.2 Å². The van der Waals surface area contributed by atoms with E-state index < -0.39 is 0 Å². The molecule has 1 aromatic heterocycles. The van der Waals surface area contributed by atoms with Crippen molar-refractivity contribution in [1.29, 1.82) is 0 Å². The van der Waals surface area contributed by atoms with Crippen molar-refractivity contribution < 1.29 is 14.6 Å². The van der Waals surface area contributed by atoms with Gasteiger partial charge in [-0.15, -0.1) is 0 Å². The van der Waals surface area contributed by atoms with Crippen molar-refractivity contribution in [3.63, 3.8) is 0 Å². The van der Waals surface area contributed by atoms with E-state index in [-0.39, 0.29) is 12.7 Å². The Labute approximate surface area is 113 Å². The monoisotopic (exact) mass is 261 g/mol. The van der Waals surface area contributed by atoms with E-state index in [4.69, 9.17) is 9.47 Å². The van der Waals surface area contributed by atoms with E-state index in [2.05, 4.69) is 4.98 Å². The van der Waals surface area contributed by atoms with E-state index in [1.807, 2.05) is 38.1 Å². The highest BCUT2D eigenvalue weighted by atomic mass is 16.5. The first kappa shape index (κ1) is 13.8. The van der Waals surface area contributed by atoms with Crippen LogP contribution in [0.2, 0.25) is 0 Å². The van der Waals surface area contributed by atoms with Crippen molar-refractivity contribution in [3.8, 4) is 5.75 Å². The Bertz CT molecular complexity index is 542. The van der Waals surface area contributed by atoms with Crippen molar-refractivity contribution in [3.05, 3.63) is 36.0 Å². The molecule has 0 spiro atoms. The van der Waals surface area contributed by atoms with E-state index in [1.54, 1.807) is 6.07 Å². The predicted molar refractivity (Wildman–Crippen MR) is 74.2 cm³/mol.